The van der Waals surface area contributed by atoms with E-state index in [4.69, 9.17) is 0 Å². The molecule has 2 heterocycles. The Morgan fingerprint density at radius 3 is 1.80 bits per heavy atom. The second-order valence-electron chi connectivity index (χ2n) is 11.4. The third kappa shape index (κ3) is 5.67. The Hall–Kier alpha value is -2.11. The number of rotatable bonds is 5. The molecule has 2 aromatic carbocycles. The summed E-state index contributed by atoms with van der Waals surface area (Å²) in [7, 11) is -6.00. The molecule has 35 heavy (non-hydrogen) atoms. The molecule has 2 bridgehead atoms. The lowest BCUT2D eigenvalue weighted by Gasteiger charge is -2.52. The fourth-order valence-corrected chi connectivity index (χ4v) is 6.42. The van der Waals surface area contributed by atoms with Crippen molar-refractivity contribution in [2.45, 2.75) is 91.0 Å². The molecule has 4 atom stereocenters. The van der Waals surface area contributed by atoms with Gasteiger partial charge >= 0.3 is 7.25 Å². The van der Waals surface area contributed by atoms with Crippen LogP contribution in [-0.4, -0.2) is 23.6 Å². The normalized spacial score (nSPS) is 26.9. The number of hydrogen-bond acceptors (Lipinski definition) is 0. The number of benzene rings is 2. The highest BCUT2D eigenvalue weighted by Crippen LogP contribution is 2.58. The molecule has 0 saturated heterocycles. The Morgan fingerprint density at radius 2 is 1.34 bits per heavy atom. The molecule has 1 fully saturated rings. The van der Waals surface area contributed by atoms with Crippen LogP contribution in [0.3, 0.4) is 0 Å². The van der Waals surface area contributed by atoms with Gasteiger partial charge in [-0.25, -0.2) is 0 Å². The highest BCUT2D eigenvalue weighted by molar-refractivity contribution is 6.50. The fraction of sp³-hybridized carbons (Fsp3) is 0.552. The summed E-state index contributed by atoms with van der Waals surface area (Å²) >= 11 is 0. The Bertz CT molecular complexity index is 1010. The third-order valence-electron chi connectivity index (χ3n) is 8.40. The summed E-state index contributed by atoms with van der Waals surface area (Å²) < 4.78 is 41.8. The van der Waals surface area contributed by atoms with Gasteiger partial charge in [0, 0.05) is 30.9 Å². The van der Waals surface area contributed by atoms with Crippen molar-refractivity contribution in [2.24, 2.45) is 11.3 Å². The van der Waals surface area contributed by atoms with Crippen molar-refractivity contribution >= 4 is 19.2 Å². The Kier molecular flexibility index (Phi) is 7.93. The van der Waals surface area contributed by atoms with Gasteiger partial charge in [0.2, 0.25) is 5.69 Å². The lowest BCUT2D eigenvalue weighted by Crippen LogP contribution is -2.58. The summed E-state index contributed by atoms with van der Waals surface area (Å²) in [6.45, 7) is 16.9. The van der Waals surface area contributed by atoms with Crippen LogP contribution in [0, 0.1) is 11.3 Å². The van der Waals surface area contributed by atoms with E-state index in [1.54, 1.807) is 0 Å². The van der Waals surface area contributed by atoms with Gasteiger partial charge in [-0.3, -0.25) is 0 Å². The largest absolute Gasteiger partial charge is 0.673 e. The molecule has 0 radical (unpaired) electrons. The second kappa shape index (κ2) is 10.1. The lowest BCUT2D eigenvalue weighted by atomic mass is 9.53. The summed E-state index contributed by atoms with van der Waals surface area (Å²) in [6, 6.07) is 18.2. The summed E-state index contributed by atoms with van der Waals surface area (Å²) in [5.74, 6) is 2.26. The van der Waals surface area contributed by atoms with Crippen molar-refractivity contribution in [2.75, 3.05) is 0 Å². The smallest absolute Gasteiger partial charge is 0.418 e. The van der Waals surface area contributed by atoms with Crippen molar-refractivity contribution in [1.29, 1.82) is 0 Å². The van der Waals surface area contributed by atoms with Crippen LogP contribution >= 0.6 is 0 Å². The molecule has 1 nitrogen and oxygen atoms in total. The number of nitrogens with zero attached hydrogens (tertiary/aromatic N) is 1. The van der Waals surface area contributed by atoms with Crippen molar-refractivity contribution < 1.29 is 21.8 Å². The van der Waals surface area contributed by atoms with Gasteiger partial charge in [-0.2, -0.15) is 4.58 Å². The van der Waals surface area contributed by atoms with Crippen LogP contribution < -0.4 is 0 Å². The average molecular weight is 489 g/mol. The number of hydrogen-bond donors (Lipinski definition) is 0. The van der Waals surface area contributed by atoms with E-state index in [0.29, 0.717) is 23.7 Å². The molecule has 3 aliphatic rings. The maximum Gasteiger partial charge on any atom is 0.673 e. The minimum atomic E-state index is -6.00. The molecule has 1 aliphatic carbocycles. The van der Waals surface area contributed by atoms with Crippen molar-refractivity contribution in [3.8, 4) is 0 Å². The first-order valence-electron chi connectivity index (χ1n) is 12.9. The lowest BCUT2D eigenvalue weighted by molar-refractivity contribution is -0.553. The summed E-state index contributed by atoms with van der Waals surface area (Å²) in [6.07, 6.45) is 6.52. The van der Waals surface area contributed by atoms with Gasteiger partial charge in [-0.15, -0.1) is 0 Å². The average Bonchev–Trinajstić information content (AvgIpc) is 2.77. The molecule has 2 aliphatic heterocycles. The first-order valence-corrected chi connectivity index (χ1v) is 12.9. The highest BCUT2D eigenvalue weighted by Gasteiger charge is 2.59. The topological polar surface area (TPSA) is 3.01 Å². The van der Waals surface area contributed by atoms with Gasteiger partial charge in [0.1, 0.15) is 0 Å². The Labute approximate surface area is 208 Å². The van der Waals surface area contributed by atoms with Crippen LogP contribution in [0.15, 0.2) is 48.5 Å². The van der Waals surface area contributed by atoms with E-state index in [-0.39, 0.29) is 11.0 Å². The van der Waals surface area contributed by atoms with E-state index in [9.17, 15) is 17.3 Å². The summed E-state index contributed by atoms with van der Waals surface area (Å²) in [5, 5.41) is 0. The molecule has 192 valence electrons. The second-order valence-corrected chi connectivity index (χ2v) is 11.4. The number of halogens is 4. The number of para-hydroxylation sites is 1. The first-order chi connectivity index (χ1) is 16.2. The highest BCUT2D eigenvalue weighted by atomic mass is 19.5. The van der Waals surface area contributed by atoms with Crippen molar-refractivity contribution in [3.05, 3.63) is 65.2 Å². The SMILES string of the molecule is CC(C)c1cccc(C(C)C)c1[N+]1=C[C@]2(C(C)c3ccccc3)CC[C@]1(C)C[C@@H]2C.F[B-](F)(F)F. The molecule has 1 saturated carbocycles. The third-order valence-corrected chi connectivity index (χ3v) is 8.40. The monoisotopic (exact) mass is 489 g/mol. The predicted molar refractivity (Wildman–Crippen MR) is 140 cm³/mol. The van der Waals surface area contributed by atoms with E-state index in [0.717, 1.165) is 0 Å². The molecule has 0 aromatic heterocycles. The minimum absolute atomic E-state index is 0.214. The molecular weight excluding hydrogens is 449 g/mol. The maximum atomic E-state index is 9.75. The van der Waals surface area contributed by atoms with Crippen LogP contribution in [0.5, 0.6) is 0 Å². The van der Waals surface area contributed by atoms with Crippen LogP contribution in [0.25, 0.3) is 0 Å². The predicted octanol–water partition coefficient (Wildman–Crippen LogP) is 9.33. The van der Waals surface area contributed by atoms with Gasteiger partial charge < -0.3 is 17.3 Å². The zero-order valence-corrected chi connectivity index (χ0v) is 22.2. The zero-order valence-electron chi connectivity index (χ0n) is 22.2. The van der Waals surface area contributed by atoms with Gasteiger partial charge in [0.05, 0.1) is 5.41 Å². The molecule has 2 aromatic rings. The standard InChI is InChI=1S/C29H40N.BF4/c1-20(2)25-14-11-15-26(21(3)4)27(25)30-19-29(17-16-28(30,7)18-22(29)5)23(6)24-12-9-8-10-13-24;2-1(3,4)5/h8-15,19-23H,16-18H2,1-7H3;/q+1;-1/t22-,23?,28+,29+;/m0./s1. The van der Waals surface area contributed by atoms with Crippen LogP contribution in [0.4, 0.5) is 23.0 Å². The molecular formula is C29H40BF4N. The zero-order chi connectivity index (χ0) is 26.2. The molecule has 5 rings (SSSR count). The van der Waals surface area contributed by atoms with Crippen LogP contribution in [0.1, 0.15) is 102 Å². The van der Waals surface area contributed by atoms with Gasteiger partial charge in [-0.1, -0.05) is 90.1 Å². The van der Waals surface area contributed by atoms with Gasteiger partial charge in [-0.05, 0) is 35.7 Å². The van der Waals surface area contributed by atoms with E-state index in [1.165, 1.54) is 41.6 Å². The van der Waals surface area contributed by atoms with Crippen LogP contribution in [-0.2, 0) is 0 Å². The van der Waals surface area contributed by atoms with Gasteiger partial charge in [0.15, 0.2) is 11.8 Å². The summed E-state index contributed by atoms with van der Waals surface area (Å²) in [5.41, 5.74) is 6.42. The van der Waals surface area contributed by atoms with Gasteiger partial charge in [0.25, 0.3) is 0 Å². The van der Waals surface area contributed by atoms with E-state index in [2.05, 4.69) is 108 Å². The Balaban J connectivity index is 0.000000623. The fourth-order valence-electron chi connectivity index (χ4n) is 6.42. The molecule has 0 N–H and O–H groups in total. The minimum Gasteiger partial charge on any atom is -0.418 e. The van der Waals surface area contributed by atoms with Crippen molar-refractivity contribution in [3.63, 3.8) is 0 Å². The summed E-state index contributed by atoms with van der Waals surface area (Å²) in [4.78, 5) is 0. The molecule has 1 unspecified atom stereocenters. The quantitative estimate of drug-likeness (QED) is 0.224. The number of fused-ring (bicyclic) bond motifs is 2. The van der Waals surface area contributed by atoms with Crippen LogP contribution in [0.2, 0.25) is 0 Å². The molecule has 0 spiro atoms. The Morgan fingerprint density at radius 1 is 0.829 bits per heavy atom. The maximum absolute atomic E-state index is 9.75. The van der Waals surface area contributed by atoms with Crippen molar-refractivity contribution in [1.82, 2.24) is 0 Å². The molecule has 0 amide bonds. The van der Waals surface area contributed by atoms with E-state index in [1.807, 2.05) is 0 Å². The molecule has 6 heteroatoms. The van der Waals surface area contributed by atoms with E-state index >= 15 is 0 Å². The first kappa shape index (κ1) is 27.5. The van der Waals surface area contributed by atoms with E-state index < -0.39 is 7.25 Å².